The first-order valence-electron chi connectivity index (χ1n) is 14.5. The molecule has 7 rings (SSSR count). The SMILES string of the molecule is Cc1cc(NC(=O)C2CC(F)CN2C(=O)Cn2nc(C(N)=O)c3cc(-c4ccnnc4)ccc32)c2nc(-c3ccccn3)cn2c1. The molecule has 1 fully saturated rings. The number of aromatic nitrogens is 7. The van der Waals surface area contributed by atoms with E-state index in [0.717, 1.165) is 16.7 Å². The van der Waals surface area contributed by atoms with Gasteiger partial charge in [-0.25, -0.2) is 9.37 Å². The summed E-state index contributed by atoms with van der Waals surface area (Å²) in [7, 11) is 0. The van der Waals surface area contributed by atoms with Gasteiger partial charge in [0.1, 0.15) is 24.5 Å². The smallest absolute Gasteiger partial charge is 0.269 e. The molecule has 14 heteroatoms. The van der Waals surface area contributed by atoms with Crippen molar-refractivity contribution in [1.82, 2.24) is 39.2 Å². The van der Waals surface area contributed by atoms with E-state index in [9.17, 15) is 18.8 Å². The second-order valence-corrected chi connectivity index (χ2v) is 11.1. The summed E-state index contributed by atoms with van der Waals surface area (Å²) in [6.07, 6.45) is 6.93. The summed E-state index contributed by atoms with van der Waals surface area (Å²) < 4.78 is 17.9. The van der Waals surface area contributed by atoms with Crippen LogP contribution in [0.15, 0.2) is 79.5 Å². The summed E-state index contributed by atoms with van der Waals surface area (Å²) in [5, 5.41) is 15.3. The third kappa shape index (κ3) is 5.29. The molecule has 0 aliphatic carbocycles. The van der Waals surface area contributed by atoms with E-state index in [1.807, 2.05) is 37.5 Å². The number of hydrogen-bond donors (Lipinski definition) is 2. The van der Waals surface area contributed by atoms with Gasteiger partial charge in [0.2, 0.25) is 11.8 Å². The Morgan fingerprint density at radius 3 is 2.65 bits per heavy atom. The molecule has 1 saturated heterocycles. The highest BCUT2D eigenvalue weighted by Gasteiger charge is 2.40. The molecule has 3 N–H and O–H groups in total. The van der Waals surface area contributed by atoms with Crippen LogP contribution in [-0.2, 0) is 16.1 Å². The number of alkyl halides is 1. The average Bonchev–Trinajstić information content (AvgIpc) is 3.77. The number of amides is 3. The number of carbonyl (C=O) groups excluding carboxylic acids is 3. The van der Waals surface area contributed by atoms with Gasteiger partial charge in [-0.15, -0.1) is 0 Å². The molecule has 1 aliphatic rings. The number of imidazole rings is 1. The van der Waals surface area contributed by atoms with Crippen molar-refractivity contribution < 1.29 is 18.8 Å². The van der Waals surface area contributed by atoms with Crippen LogP contribution < -0.4 is 11.1 Å². The third-order valence-electron chi connectivity index (χ3n) is 7.93. The first-order valence-corrected chi connectivity index (χ1v) is 14.5. The fraction of sp³-hybridized carbons (Fsp3) is 0.188. The molecule has 2 unspecified atom stereocenters. The molecule has 1 aliphatic heterocycles. The standard InChI is InChI=1S/C32H27FN10O3/c1-18-10-24(31-38-25(16-41(31)14-18)23-4-2-3-8-35-23)39-32(46)27-12-21(33)15-42(27)28(44)17-43-26-6-5-19(20-7-9-36-37-13-20)11-22(26)29(40-43)30(34)45/h2-11,13-14,16,21,27H,12,15,17H2,1H3,(H2,34,45)(H,39,46). The molecule has 2 atom stereocenters. The summed E-state index contributed by atoms with van der Waals surface area (Å²) >= 11 is 0. The Bertz CT molecular complexity index is 2130. The number of aryl methyl sites for hydroxylation is 1. The molecule has 46 heavy (non-hydrogen) atoms. The third-order valence-corrected chi connectivity index (χ3v) is 7.93. The van der Waals surface area contributed by atoms with E-state index < -0.39 is 29.9 Å². The van der Waals surface area contributed by atoms with Crippen molar-refractivity contribution in [3.8, 4) is 22.5 Å². The van der Waals surface area contributed by atoms with Crippen LogP contribution in [0.25, 0.3) is 39.1 Å². The van der Waals surface area contributed by atoms with E-state index in [0.29, 0.717) is 33.6 Å². The second kappa shape index (κ2) is 11.5. The average molecular weight is 619 g/mol. The van der Waals surface area contributed by atoms with Crippen LogP contribution in [0.4, 0.5) is 10.1 Å². The predicted octanol–water partition coefficient (Wildman–Crippen LogP) is 3.19. The fourth-order valence-corrected chi connectivity index (χ4v) is 5.84. The molecule has 6 heterocycles. The number of likely N-dealkylation sites (tertiary alicyclic amines) is 1. The minimum absolute atomic E-state index is 0.0148. The molecule has 230 valence electrons. The highest BCUT2D eigenvalue weighted by Crippen LogP contribution is 2.29. The first kappa shape index (κ1) is 28.7. The summed E-state index contributed by atoms with van der Waals surface area (Å²) in [6.45, 7) is 1.29. The number of hydrogen-bond acceptors (Lipinski definition) is 8. The molecule has 3 amide bonds. The lowest BCUT2D eigenvalue weighted by atomic mass is 10.0. The van der Waals surface area contributed by atoms with Gasteiger partial charge in [0.25, 0.3) is 5.91 Å². The van der Waals surface area contributed by atoms with E-state index in [4.69, 9.17) is 5.73 Å². The lowest BCUT2D eigenvalue weighted by molar-refractivity contribution is -0.137. The zero-order chi connectivity index (χ0) is 31.9. The maximum atomic E-state index is 14.8. The largest absolute Gasteiger partial charge is 0.364 e. The van der Waals surface area contributed by atoms with Crippen molar-refractivity contribution in [3.63, 3.8) is 0 Å². The normalized spacial score (nSPS) is 16.3. The van der Waals surface area contributed by atoms with Gasteiger partial charge in [-0.1, -0.05) is 12.1 Å². The monoisotopic (exact) mass is 618 g/mol. The van der Waals surface area contributed by atoms with Crippen molar-refractivity contribution in [2.45, 2.75) is 32.1 Å². The van der Waals surface area contributed by atoms with Crippen LogP contribution >= 0.6 is 0 Å². The van der Waals surface area contributed by atoms with Gasteiger partial charge in [0.15, 0.2) is 11.3 Å². The number of rotatable bonds is 7. The Balaban J connectivity index is 1.15. The number of pyridine rings is 2. The molecule has 1 aromatic carbocycles. The highest BCUT2D eigenvalue weighted by molar-refractivity contribution is 6.05. The van der Waals surface area contributed by atoms with Crippen molar-refractivity contribution >= 4 is 40.0 Å². The van der Waals surface area contributed by atoms with Gasteiger partial charge in [-0.2, -0.15) is 15.3 Å². The van der Waals surface area contributed by atoms with Crippen LogP contribution in [0.1, 0.15) is 22.5 Å². The van der Waals surface area contributed by atoms with Gasteiger partial charge in [-0.3, -0.25) is 24.0 Å². The van der Waals surface area contributed by atoms with E-state index in [1.165, 1.54) is 9.58 Å². The Morgan fingerprint density at radius 1 is 1.02 bits per heavy atom. The predicted molar refractivity (Wildman–Crippen MR) is 166 cm³/mol. The summed E-state index contributed by atoms with van der Waals surface area (Å²) in [6, 6.07) is 13.2. The maximum Gasteiger partial charge on any atom is 0.269 e. The quantitative estimate of drug-likeness (QED) is 0.275. The highest BCUT2D eigenvalue weighted by atomic mass is 19.1. The van der Waals surface area contributed by atoms with E-state index in [-0.39, 0.29) is 25.2 Å². The lowest BCUT2D eigenvalue weighted by Crippen LogP contribution is -2.44. The van der Waals surface area contributed by atoms with E-state index in [1.54, 1.807) is 53.3 Å². The minimum Gasteiger partial charge on any atom is -0.364 e. The number of halogens is 1. The summed E-state index contributed by atoms with van der Waals surface area (Å²) in [4.78, 5) is 49.8. The number of nitrogens with one attached hydrogen (secondary N) is 1. The summed E-state index contributed by atoms with van der Waals surface area (Å²) in [5.74, 6) is -1.84. The lowest BCUT2D eigenvalue weighted by Gasteiger charge is -2.24. The molecule has 5 aromatic heterocycles. The van der Waals surface area contributed by atoms with Crippen molar-refractivity contribution in [1.29, 1.82) is 0 Å². The van der Waals surface area contributed by atoms with Gasteiger partial charge >= 0.3 is 0 Å². The zero-order valence-corrected chi connectivity index (χ0v) is 24.5. The number of carbonyl (C=O) groups is 3. The number of benzene rings is 1. The molecule has 0 spiro atoms. The fourth-order valence-electron chi connectivity index (χ4n) is 5.84. The van der Waals surface area contributed by atoms with Crippen molar-refractivity contribution in [2.75, 3.05) is 11.9 Å². The molecular formula is C32H27FN10O3. The minimum atomic E-state index is -1.40. The molecule has 0 bridgehead atoms. The van der Waals surface area contributed by atoms with Gasteiger partial charge in [0, 0.05) is 36.0 Å². The Morgan fingerprint density at radius 2 is 1.89 bits per heavy atom. The Kier molecular flexibility index (Phi) is 7.15. The Hall–Kier alpha value is -6.05. The zero-order valence-electron chi connectivity index (χ0n) is 24.5. The van der Waals surface area contributed by atoms with Crippen LogP contribution in [-0.4, -0.2) is 75.7 Å². The Labute approximate surface area is 260 Å². The first-order chi connectivity index (χ1) is 22.2. The van der Waals surface area contributed by atoms with Crippen LogP contribution in [0, 0.1) is 6.92 Å². The number of anilines is 1. The van der Waals surface area contributed by atoms with Gasteiger partial charge in [-0.05, 0) is 54.4 Å². The van der Waals surface area contributed by atoms with E-state index >= 15 is 0 Å². The number of nitrogens with zero attached hydrogens (tertiary/aromatic N) is 8. The maximum absolute atomic E-state index is 14.8. The van der Waals surface area contributed by atoms with Crippen LogP contribution in [0.5, 0.6) is 0 Å². The van der Waals surface area contributed by atoms with Crippen molar-refractivity contribution in [2.24, 2.45) is 5.73 Å². The molecular weight excluding hydrogens is 591 g/mol. The second-order valence-electron chi connectivity index (χ2n) is 11.1. The number of primary amides is 1. The van der Waals surface area contributed by atoms with Crippen LogP contribution in [0.2, 0.25) is 0 Å². The van der Waals surface area contributed by atoms with E-state index in [2.05, 4.69) is 30.6 Å². The van der Waals surface area contributed by atoms with Crippen LogP contribution in [0.3, 0.4) is 0 Å². The van der Waals surface area contributed by atoms with Gasteiger partial charge in [0.05, 0.1) is 35.8 Å². The molecule has 0 radical (unpaired) electrons. The molecule has 13 nitrogen and oxygen atoms in total. The number of nitrogens with two attached hydrogens (primary N) is 1. The summed E-state index contributed by atoms with van der Waals surface area (Å²) in [5.41, 5.74) is 10.7. The van der Waals surface area contributed by atoms with Gasteiger partial charge < -0.3 is 20.4 Å². The molecule has 0 saturated carbocycles. The topological polar surface area (TPSA) is 166 Å². The number of fused-ring (bicyclic) bond motifs is 2. The van der Waals surface area contributed by atoms with Crippen molar-refractivity contribution in [3.05, 3.63) is 90.8 Å². The molecule has 6 aromatic rings.